The molecule has 74 heavy (non-hydrogen) atoms. The van der Waals surface area contributed by atoms with Crippen LogP contribution in [0.15, 0.2) is 267 Å². The molecule has 0 atom stereocenters. The van der Waals surface area contributed by atoms with Gasteiger partial charge >= 0.3 is 0 Å². The lowest BCUT2D eigenvalue weighted by atomic mass is 9.90. The first-order chi connectivity index (χ1) is 36.7. The second-order valence-corrected chi connectivity index (χ2v) is 19.9. The molecule has 0 unspecified atom stereocenters. The number of hydrogen-bond donors (Lipinski definition) is 0. The summed E-state index contributed by atoms with van der Waals surface area (Å²) in [5.74, 6) is 0. The summed E-state index contributed by atoms with van der Waals surface area (Å²) in [6, 6.07) is 99.1. The molecule has 0 amide bonds. The molecule has 0 radical (unpaired) electrons. The van der Waals surface area contributed by atoms with E-state index in [4.69, 9.17) is 0 Å². The van der Waals surface area contributed by atoms with Crippen molar-refractivity contribution in [1.82, 2.24) is 9.13 Å². The first-order valence-corrected chi connectivity index (χ1v) is 25.7. The molecule has 0 N–H and O–H groups in total. The van der Waals surface area contributed by atoms with E-state index in [1.54, 1.807) is 0 Å². The fourth-order valence-electron chi connectivity index (χ4n) is 12.8. The SMILES string of the molecule is c1cc(-c2ccc3c4ccc(-c5cccc6c5c5ccccc5n6-c5ccc(-c6ccc7c8ccccc8c8ccccc8c7c6)cc5)cc4c4ccccc4c3c2)cc(-n2c3ccccc3c3ccccc32)c1. The highest BCUT2D eigenvalue weighted by molar-refractivity contribution is 6.28. The van der Waals surface area contributed by atoms with E-state index in [0.717, 1.165) is 11.4 Å². The monoisotopic (exact) mass is 936 g/mol. The number of aromatic nitrogens is 2. The summed E-state index contributed by atoms with van der Waals surface area (Å²) in [5.41, 5.74) is 14.4. The molecule has 16 rings (SSSR count). The van der Waals surface area contributed by atoms with Crippen LogP contribution in [-0.4, -0.2) is 9.13 Å². The largest absolute Gasteiger partial charge is 0.309 e. The Labute approximate surface area is 426 Å². The van der Waals surface area contributed by atoms with E-state index in [9.17, 15) is 0 Å². The number of rotatable bonds is 5. The molecule has 0 spiro atoms. The lowest BCUT2D eigenvalue weighted by Crippen LogP contribution is -1.94. The molecule has 0 saturated carbocycles. The molecule has 342 valence electrons. The summed E-state index contributed by atoms with van der Waals surface area (Å²) < 4.78 is 4.85. The summed E-state index contributed by atoms with van der Waals surface area (Å²) in [6.07, 6.45) is 0. The van der Waals surface area contributed by atoms with Crippen LogP contribution in [0.5, 0.6) is 0 Å². The van der Waals surface area contributed by atoms with Crippen LogP contribution in [-0.2, 0) is 0 Å². The number of nitrogens with zero attached hydrogens (tertiary/aromatic N) is 2. The Morgan fingerprint density at radius 3 is 1.07 bits per heavy atom. The zero-order chi connectivity index (χ0) is 48.4. The molecule has 0 aliphatic heterocycles. The molecule has 2 nitrogen and oxygen atoms in total. The second-order valence-electron chi connectivity index (χ2n) is 19.9. The van der Waals surface area contributed by atoms with Gasteiger partial charge in [-0.15, -0.1) is 0 Å². The van der Waals surface area contributed by atoms with Gasteiger partial charge in [-0.25, -0.2) is 0 Å². The molecule has 0 saturated heterocycles. The van der Waals surface area contributed by atoms with Crippen molar-refractivity contribution in [1.29, 1.82) is 0 Å². The van der Waals surface area contributed by atoms with E-state index in [1.807, 2.05) is 0 Å². The van der Waals surface area contributed by atoms with Gasteiger partial charge in [0, 0.05) is 32.9 Å². The van der Waals surface area contributed by atoms with Gasteiger partial charge in [0.1, 0.15) is 0 Å². The number of para-hydroxylation sites is 3. The van der Waals surface area contributed by atoms with E-state index < -0.39 is 0 Å². The van der Waals surface area contributed by atoms with Crippen LogP contribution < -0.4 is 0 Å². The van der Waals surface area contributed by atoms with Crippen molar-refractivity contribution < 1.29 is 0 Å². The van der Waals surface area contributed by atoms with Gasteiger partial charge in [-0.3, -0.25) is 0 Å². The number of fused-ring (bicyclic) bond motifs is 18. The Bertz CT molecular complexity index is 4900. The van der Waals surface area contributed by atoms with E-state index >= 15 is 0 Å². The maximum atomic E-state index is 2.44. The quantitative estimate of drug-likeness (QED) is 0.152. The summed E-state index contributed by atoms with van der Waals surface area (Å²) in [5, 5.41) is 20.4. The van der Waals surface area contributed by atoms with E-state index in [1.165, 1.54) is 142 Å². The Balaban J connectivity index is 0.799. The maximum Gasteiger partial charge on any atom is 0.0547 e. The predicted octanol–water partition coefficient (Wildman–Crippen LogP) is 19.8. The van der Waals surface area contributed by atoms with Crippen LogP contribution in [0.2, 0.25) is 0 Å². The third-order valence-corrected chi connectivity index (χ3v) is 16.1. The van der Waals surface area contributed by atoms with Crippen molar-refractivity contribution >= 4 is 108 Å². The standard InChI is InChI=1S/C72H44N2/c1-2-19-55-53(17-1)54-18-3-4-20-56(54)65-42-47(33-38-59(55)65)45-31-36-50(37-32-45)73-70-29-12-9-25-64(70)72-52(26-14-30-71(72)73)49-35-40-61-60-39-34-48(43-66(60)57-21-5-6-22-58(57)67(61)44-49)46-15-13-16-51(41-46)74-68-27-10-7-23-62(68)63-24-8-11-28-69(63)74/h1-44H. The minimum atomic E-state index is 1.14. The molecule has 16 aromatic rings. The lowest BCUT2D eigenvalue weighted by Gasteiger charge is -2.15. The Kier molecular flexibility index (Phi) is 8.78. The Hall–Kier alpha value is -9.76. The second kappa shape index (κ2) is 15.9. The van der Waals surface area contributed by atoms with Crippen LogP contribution in [0.4, 0.5) is 0 Å². The molecule has 0 aliphatic carbocycles. The van der Waals surface area contributed by atoms with Crippen LogP contribution in [0.1, 0.15) is 0 Å². The fraction of sp³-hybridized carbons (Fsp3) is 0. The van der Waals surface area contributed by atoms with E-state index in [2.05, 4.69) is 276 Å². The molecule has 0 aliphatic rings. The maximum absolute atomic E-state index is 2.44. The molecular weight excluding hydrogens is 893 g/mol. The van der Waals surface area contributed by atoms with Gasteiger partial charge in [-0.05, 0) is 165 Å². The molecule has 0 bridgehead atoms. The van der Waals surface area contributed by atoms with Crippen LogP contribution in [0, 0.1) is 0 Å². The van der Waals surface area contributed by atoms with Crippen LogP contribution >= 0.6 is 0 Å². The average Bonchev–Trinajstić information content (AvgIpc) is 4.00. The molecule has 2 heterocycles. The van der Waals surface area contributed by atoms with Gasteiger partial charge in [-0.2, -0.15) is 0 Å². The fourth-order valence-corrected chi connectivity index (χ4v) is 12.8. The zero-order valence-corrected chi connectivity index (χ0v) is 40.3. The van der Waals surface area contributed by atoms with Gasteiger partial charge in [0.25, 0.3) is 0 Å². The van der Waals surface area contributed by atoms with Crippen molar-refractivity contribution in [2.75, 3.05) is 0 Å². The molecule has 2 aromatic heterocycles. The average molecular weight is 937 g/mol. The third kappa shape index (κ3) is 6.00. The predicted molar refractivity (Wildman–Crippen MR) is 316 cm³/mol. The zero-order valence-electron chi connectivity index (χ0n) is 40.3. The first-order valence-electron chi connectivity index (χ1n) is 25.7. The van der Waals surface area contributed by atoms with Crippen molar-refractivity contribution in [2.45, 2.75) is 0 Å². The topological polar surface area (TPSA) is 9.86 Å². The highest BCUT2D eigenvalue weighted by Crippen LogP contribution is 2.44. The summed E-state index contributed by atoms with van der Waals surface area (Å²) >= 11 is 0. The Morgan fingerprint density at radius 2 is 0.527 bits per heavy atom. The van der Waals surface area contributed by atoms with Crippen molar-refractivity contribution in [3.63, 3.8) is 0 Å². The highest BCUT2D eigenvalue weighted by Gasteiger charge is 2.19. The normalized spacial score (nSPS) is 12.1. The van der Waals surface area contributed by atoms with Crippen molar-refractivity contribution in [3.05, 3.63) is 267 Å². The molecule has 0 fully saturated rings. The van der Waals surface area contributed by atoms with E-state index in [-0.39, 0.29) is 0 Å². The van der Waals surface area contributed by atoms with Crippen molar-refractivity contribution in [2.24, 2.45) is 0 Å². The summed E-state index contributed by atoms with van der Waals surface area (Å²) in [6.45, 7) is 0. The van der Waals surface area contributed by atoms with E-state index in [0.29, 0.717) is 0 Å². The minimum absolute atomic E-state index is 1.14. The Morgan fingerprint density at radius 1 is 0.176 bits per heavy atom. The third-order valence-electron chi connectivity index (χ3n) is 16.1. The van der Waals surface area contributed by atoms with Crippen molar-refractivity contribution in [3.8, 4) is 44.8 Å². The van der Waals surface area contributed by atoms with Crippen LogP contribution in [0.25, 0.3) is 153 Å². The van der Waals surface area contributed by atoms with Crippen LogP contribution in [0.3, 0.4) is 0 Å². The smallest absolute Gasteiger partial charge is 0.0547 e. The molecule has 14 aromatic carbocycles. The number of benzene rings is 14. The van der Waals surface area contributed by atoms with Gasteiger partial charge in [0.2, 0.25) is 0 Å². The molecule has 2 heteroatoms. The van der Waals surface area contributed by atoms with Gasteiger partial charge in [0.15, 0.2) is 0 Å². The number of hydrogen-bond acceptors (Lipinski definition) is 0. The van der Waals surface area contributed by atoms with Gasteiger partial charge in [0.05, 0.1) is 22.1 Å². The lowest BCUT2D eigenvalue weighted by molar-refractivity contribution is 1.18. The van der Waals surface area contributed by atoms with Gasteiger partial charge in [-0.1, -0.05) is 200 Å². The molecular formula is C72H44N2. The summed E-state index contributed by atoms with van der Waals surface area (Å²) in [4.78, 5) is 0. The van der Waals surface area contributed by atoms with Gasteiger partial charge < -0.3 is 9.13 Å². The summed E-state index contributed by atoms with van der Waals surface area (Å²) in [7, 11) is 0. The first kappa shape index (κ1) is 40.9. The highest BCUT2D eigenvalue weighted by atomic mass is 15.0. The minimum Gasteiger partial charge on any atom is -0.309 e.